The number of anilines is 2. The Morgan fingerprint density at radius 3 is 2.33 bits per heavy atom. The lowest BCUT2D eigenvalue weighted by Crippen LogP contribution is -2.05. The number of hydrogen-bond acceptors (Lipinski definition) is 7. The SMILES string of the molecule is CN=Cc1cc(-c2nc(N)c(C#N)c(-c3ccccc3)c2C#N)cnc1N. The van der Waals surface area contributed by atoms with Crippen LogP contribution in [0.2, 0.25) is 0 Å². The van der Waals surface area contributed by atoms with Crippen molar-refractivity contribution >= 4 is 17.9 Å². The highest BCUT2D eigenvalue weighted by Crippen LogP contribution is 2.36. The summed E-state index contributed by atoms with van der Waals surface area (Å²) in [7, 11) is 1.62. The van der Waals surface area contributed by atoms with Gasteiger partial charge >= 0.3 is 0 Å². The second-order valence-corrected chi connectivity index (χ2v) is 5.65. The molecule has 2 heterocycles. The van der Waals surface area contributed by atoms with Crippen LogP contribution in [0.1, 0.15) is 16.7 Å². The van der Waals surface area contributed by atoms with Crippen LogP contribution in [0.4, 0.5) is 11.6 Å². The molecule has 1 aromatic carbocycles. The summed E-state index contributed by atoms with van der Waals surface area (Å²) >= 11 is 0. The number of benzene rings is 1. The van der Waals surface area contributed by atoms with Crippen molar-refractivity contribution < 1.29 is 0 Å². The van der Waals surface area contributed by atoms with Crippen molar-refractivity contribution in [3.05, 3.63) is 59.3 Å². The van der Waals surface area contributed by atoms with Gasteiger partial charge in [-0.25, -0.2) is 9.97 Å². The maximum Gasteiger partial charge on any atom is 0.142 e. The molecule has 3 aromatic rings. The van der Waals surface area contributed by atoms with Gasteiger partial charge in [0.15, 0.2) is 0 Å². The lowest BCUT2D eigenvalue weighted by molar-refractivity contribution is 1.26. The Labute approximate surface area is 156 Å². The normalized spacial score (nSPS) is 10.5. The van der Waals surface area contributed by atoms with Gasteiger partial charge < -0.3 is 11.5 Å². The van der Waals surface area contributed by atoms with Gasteiger partial charge in [0.1, 0.15) is 29.3 Å². The fourth-order valence-corrected chi connectivity index (χ4v) is 2.79. The van der Waals surface area contributed by atoms with E-state index < -0.39 is 0 Å². The predicted molar refractivity (Wildman–Crippen MR) is 105 cm³/mol. The lowest BCUT2D eigenvalue weighted by Gasteiger charge is -2.14. The summed E-state index contributed by atoms with van der Waals surface area (Å²) in [5.41, 5.74) is 15.0. The molecule has 0 spiro atoms. The number of nitrogens with zero attached hydrogens (tertiary/aromatic N) is 5. The van der Waals surface area contributed by atoms with E-state index in [4.69, 9.17) is 11.5 Å². The molecular formula is C20H15N7. The third-order valence-electron chi connectivity index (χ3n) is 4.00. The van der Waals surface area contributed by atoms with E-state index in [2.05, 4.69) is 27.1 Å². The highest BCUT2D eigenvalue weighted by molar-refractivity contribution is 5.90. The number of hydrogen-bond donors (Lipinski definition) is 2. The molecule has 130 valence electrons. The predicted octanol–water partition coefficient (Wildman–Crippen LogP) is 2.77. The van der Waals surface area contributed by atoms with E-state index in [9.17, 15) is 10.5 Å². The zero-order valence-corrected chi connectivity index (χ0v) is 14.5. The number of rotatable bonds is 3. The van der Waals surface area contributed by atoms with Gasteiger partial charge in [-0.3, -0.25) is 4.99 Å². The zero-order valence-electron chi connectivity index (χ0n) is 14.5. The molecule has 2 aromatic heterocycles. The molecule has 0 radical (unpaired) electrons. The highest BCUT2D eigenvalue weighted by Gasteiger charge is 2.21. The zero-order chi connectivity index (χ0) is 19.4. The summed E-state index contributed by atoms with van der Waals surface area (Å²) in [5, 5.41) is 19.4. The van der Waals surface area contributed by atoms with Crippen molar-refractivity contribution in [3.63, 3.8) is 0 Å². The molecule has 0 aliphatic heterocycles. The smallest absolute Gasteiger partial charge is 0.142 e. The molecule has 0 fully saturated rings. The molecule has 0 bridgehead atoms. The maximum absolute atomic E-state index is 9.85. The van der Waals surface area contributed by atoms with E-state index in [1.807, 2.05) is 30.3 Å². The van der Waals surface area contributed by atoms with Crippen LogP contribution >= 0.6 is 0 Å². The highest BCUT2D eigenvalue weighted by atomic mass is 14.9. The van der Waals surface area contributed by atoms with Crippen LogP contribution in [-0.4, -0.2) is 23.2 Å². The molecule has 7 nitrogen and oxygen atoms in total. The summed E-state index contributed by atoms with van der Waals surface area (Å²) in [6.07, 6.45) is 3.09. The minimum absolute atomic E-state index is 0.0490. The minimum Gasteiger partial charge on any atom is -0.383 e. The molecular weight excluding hydrogens is 338 g/mol. The number of pyridine rings is 2. The van der Waals surface area contributed by atoms with Gasteiger partial charge in [-0.2, -0.15) is 10.5 Å². The first-order valence-corrected chi connectivity index (χ1v) is 7.97. The average molecular weight is 353 g/mol. The molecule has 4 N–H and O–H groups in total. The lowest BCUT2D eigenvalue weighted by atomic mass is 9.92. The van der Waals surface area contributed by atoms with Crippen LogP contribution in [-0.2, 0) is 0 Å². The van der Waals surface area contributed by atoms with E-state index in [1.165, 1.54) is 6.20 Å². The Morgan fingerprint density at radius 1 is 1.00 bits per heavy atom. The first-order valence-electron chi connectivity index (χ1n) is 7.97. The molecule has 0 unspecified atom stereocenters. The molecule has 0 amide bonds. The van der Waals surface area contributed by atoms with Gasteiger partial charge in [0, 0.05) is 36.1 Å². The largest absolute Gasteiger partial charge is 0.383 e. The van der Waals surface area contributed by atoms with Crippen molar-refractivity contribution in [1.82, 2.24) is 9.97 Å². The molecule has 0 aliphatic rings. The second kappa shape index (κ2) is 7.34. The number of nitrogens with two attached hydrogens (primary N) is 2. The van der Waals surface area contributed by atoms with E-state index in [0.717, 1.165) is 0 Å². The molecule has 27 heavy (non-hydrogen) atoms. The monoisotopic (exact) mass is 353 g/mol. The first kappa shape index (κ1) is 17.6. The standard InChI is InChI=1S/C20H15N7/c1-25-10-14-7-13(11-26-19(14)23)18-15(8-21)17(12-5-3-2-4-6-12)16(9-22)20(24)27-18/h2-7,10-11H,1H3,(H2,23,26)(H2,24,27). The number of nitriles is 2. The summed E-state index contributed by atoms with van der Waals surface area (Å²) in [6, 6.07) is 15.1. The Bertz CT molecular complexity index is 1120. The van der Waals surface area contributed by atoms with Gasteiger partial charge in [-0.1, -0.05) is 30.3 Å². The fraction of sp³-hybridized carbons (Fsp3) is 0.0500. The second-order valence-electron chi connectivity index (χ2n) is 5.65. The van der Waals surface area contributed by atoms with Crippen LogP contribution in [0.15, 0.2) is 47.6 Å². The molecule has 0 aliphatic carbocycles. The van der Waals surface area contributed by atoms with Gasteiger partial charge in [0.25, 0.3) is 0 Å². The summed E-state index contributed by atoms with van der Waals surface area (Å²) in [5.74, 6) is 0.362. The quantitative estimate of drug-likeness (QED) is 0.694. The van der Waals surface area contributed by atoms with Gasteiger partial charge in [0.05, 0.1) is 11.3 Å². The summed E-state index contributed by atoms with van der Waals surface area (Å²) in [4.78, 5) is 12.4. The van der Waals surface area contributed by atoms with Crippen molar-refractivity contribution in [2.75, 3.05) is 18.5 Å². The van der Waals surface area contributed by atoms with Crippen LogP contribution < -0.4 is 11.5 Å². The van der Waals surface area contributed by atoms with Crippen molar-refractivity contribution in [2.45, 2.75) is 0 Å². The summed E-state index contributed by atoms with van der Waals surface area (Å²) in [6.45, 7) is 0. The molecule has 0 saturated carbocycles. The number of nitrogen functional groups attached to an aromatic ring is 2. The van der Waals surface area contributed by atoms with Gasteiger partial charge in [-0.05, 0) is 11.6 Å². The van der Waals surface area contributed by atoms with Crippen molar-refractivity contribution in [3.8, 4) is 34.5 Å². The fourth-order valence-electron chi connectivity index (χ4n) is 2.79. The number of aromatic nitrogens is 2. The van der Waals surface area contributed by atoms with E-state index in [0.29, 0.717) is 33.8 Å². The van der Waals surface area contributed by atoms with Crippen molar-refractivity contribution in [1.29, 1.82) is 10.5 Å². The number of aliphatic imine (C=N–C) groups is 1. The maximum atomic E-state index is 9.85. The van der Waals surface area contributed by atoms with Crippen LogP contribution in [0.5, 0.6) is 0 Å². The Hall–Kier alpha value is -4.23. The third-order valence-corrected chi connectivity index (χ3v) is 4.00. The van der Waals surface area contributed by atoms with Gasteiger partial charge in [-0.15, -0.1) is 0 Å². The van der Waals surface area contributed by atoms with Crippen molar-refractivity contribution in [2.24, 2.45) is 4.99 Å². The Balaban J connectivity index is 2.37. The average Bonchev–Trinajstić information content (AvgIpc) is 2.69. The molecule has 7 heteroatoms. The molecule has 3 rings (SSSR count). The third kappa shape index (κ3) is 3.17. The van der Waals surface area contributed by atoms with E-state index in [-0.39, 0.29) is 16.9 Å². The molecule has 0 saturated heterocycles. The molecule has 0 atom stereocenters. The Kier molecular flexibility index (Phi) is 4.78. The van der Waals surface area contributed by atoms with Gasteiger partial charge in [0.2, 0.25) is 0 Å². The minimum atomic E-state index is 0.0490. The topological polar surface area (TPSA) is 138 Å². The first-order chi connectivity index (χ1) is 13.1. The Morgan fingerprint density at radius 2 is 1.70 bits per heavy atom. The summed E-state index contributed by atoms with van der Waals surface area (Å²) < 4.78 is 0. The van der Waals surface area contributed by atoms with E-state index in [1.54, 1.807) is 19.3 Å². The van der Waals surface area contributed by atoms with Crippen LogP contribution in [0.3, 0.4) is 0 Å². The van der Waals surface area contributed by atoms with E-state index >= 15 is 0 Å². The van der Waals surface area contributed by atoms with Crippen LogP contribution in [0.25, 0.3) is 22.4 Å². The van der Waals surface area contributed by atoms with Crippen LogP contribution in [0, 0.1) is 22.7 Å².